The van der Waals surface area contributed by atoms with Crippen molar-refractivity contribution in [2.45, 2.75) is 18.8 Å². The highest BCUT2D eigenvalue weighted by Crippen LogP contribution is 2.37. The number of halogens is 1. The number of likely N-dealkylation sites (tertiary alicyclic amines) is 1. The second kappa shape index (κ2) is 6.96. The Morgan fingerprint density at radius 3 is 2.68 bits per heavy atom. The number of carbonyl (C=O) groups excluding carboxylic acids is 1. The summed E-state index contributed by atoms with van der Waals surface area (Å²) in [5.41, 5.74) is 0.727. The van der Waals surface area contributed by atoms with Gasteiger partial charge in [0.25, 0.3) is 0 Å². The maximum Gasteiger partial charge on any atom is 0.239 e. The Hall–Kier alpha value is -1.82. The molecule has 2 rings (SSSR count). The standard InChI is InChI=1S/C16H24FN3O2/c1-18-14(22)10-20(3)16-13(21)5-4-12(15(16)17)11-6-8-19(2)9-7-11/h4-5,11,21H,6-10H2,1-3H3,(H,18,22). The minimum atomic E-state index is -0.416. The number of phenolic OH excluding ortho intramolecular Hbond substituents is 1. The molecule has 0 aromatic heterocycles. The number of aromatic hydroxyl groups is 1. The Labute approximate surface area is 130 Å². The minimum Gasteiger partial charge on any atom is -0.506 e. The number of hydrogen-bond acceptors (Lipinski definition) is 4. The molecule has 2 N–H and O–H groups in total. The van der Waals surface area contributed by atoms with Crippen LogP contribution in [0.3, 0.4) is 0 Å². The SMILES string of the molecule is CNC(=O)CN(C)c1c(O)ccc(C2CCN(C)CC2)c1F. The lowest BCUT2D eigenvalue weighted by Crippen LogP contribution is -2.34. The van der Waals surface area contributed by atoms with E-state index in [-0.39, 0.29) is 29.8 Å². The normalized spacial score (nSPS) is 16.5. The predicted molar refractivity (Wildman–Crippen MR) is 84.9 cm³/mol. The Bertz CT molecular complexity index is 542. The lowest BCUT2D eigenvalue weighted by atomic mass is 9.88. The zero-order chi connectivity index (χ0) is 16.3. The van der Waals surface area contributed by atoms with Gasteiger partial charge in [-0.1, -0.05) is 6.07 Å². The van der Waals surface area contributed by atoms with Crippen molar-refractivity contribution < 1.29 is 14.3 Å². The number of piperidine rings is 1. The van der Waals surface area contributed by atoms with E-state index in [4.69, 9.17) is 0 Å². The van der Waals surface area contributed by atoms with E-state index < -0.39 is 5.82 Å². The Morgan fingerprint density at radius 2 is 2.09 bits per heavy atom. The molecule has 122 valence electrons. The molecule has 0 spiro atoms. The first-order valence-electron chi connectivity index (χ1n) is 7.55. The van der Waals surface area contributed by atoms with Crippen molar-refractivity contribution >= 4 is 11.6 Å². The van der Waals surface area contributed by atoms with Crippen molar-refractivity contribution in [2.24, 2.45) is 0 Å². The van der Waals surface area contributed by atoms with Gasteiger partial charge in [0, 0.05) is 14.1 Å². The topological polar surface area (TPSA) is 55.8 Å². The third kappa shape index (κ3) is 3.50. The molecule has 1 aliphatic rings. The quantitative estimate of drug-likeness (QED) is 0.885. The number of phenols is 1. The molecule has 1 aromatic carbocycles. The molecule has 1 amide bonds. The van der Waals surface area contributed by atoms with E-state index in [1.807, 2.05) is 0 Å². The van der Waals surface area contributed by atoms with Crippen LogP contribution < -0.4 is 10.2 Å². The molecule has 1 aliphatic heterocycles. The highest BCUT2D eigenvalue weighted by atomic mass is 19.1. The minimum absolute atomic E-state index is 0.00215. The summed E-state index contributed by atoms with van der Waals surface area (Å²) in [7, 11) is 5.19. The fourth-order valence-corrected chi connectivity index (χ4v) is 2.94. The van der Waals surface area contributed by atoms with Crippen LogP contribution in [0.1, 0.15) is 24.3 Å². The smallest absolute Gasteiger partial charge is 0.239 e. The first-order valence-corrected chi connectivity index (χ1v) is 7.55. The number of nitrogens with zero attached hydrogens (tertiary/aromatic N) is 2. The third-order valence-electron chi connectivity index (χ3n) is 4.32. The summed E-state index contributed by atoms with van der Waals surface area (Å²) >= 11 is 0. The van der Waals surface area contributed by atoms with Crippen LogP contribution in [0.2, 0.25) is 0 Å². The van der Waals surface area contributed by atoms with Crippen LogP contribution in [0, 0.1) is 5.82 Å². The van der Waals surface area contributed by atoms with Crippen molar-refractivity contribution in [1.82, 2.24) is 10.2 Å². The second-order valence-corrected chi connectivity index (χ2v) is 5.94. The molecule has 1 saturated heterocycles. The van der Waals surface area contributed by atoms with Crippen LogP contribution >= 0.6 is 0 Å². The number of likely N-dealkylation sites (N-methyl/N-ethyl adjacent to an activating group) is 2. The maximum atomic E-state index is 14.9. The fourth-order valence-electron chi connectivity index (χ4n) is 2.94. The molecular formula is C16H24FN3O2. The molecule has 0 saturated carbocycles. The van der Waals surface area contributed by atoms with Crippen LogP contribution in [0.5, 0.6) is 5.75 Å². The van der Waals surface area contributed by atoms with Gasteiger partial charge in [-0.3, -0.25) is 4.79 Å². The van der Waals surface area contributed by atoms with E-state index in [2.05, 4.69) is 17.3 Å². The van der Waals surface area contributed by atoms with Crippen molar-refractivity contribution in [3.8, 4) is 5.75 Å². The first kappa shape index (κ1) is 16.5. The van der Waals surface area contributed by atoms with Gasteiger partial charge in [0.05, 0.1) is 6.54 Å². The molecule has 1 fully saturated rings. The van der Waals surface area contributed by atoms with E-state index in [1.54, 1.807) is 13.1 Å². The second-order valence-electron chi connectivity index (χ2n) is 5.94. The molecule has 5 nitrogen and oxygen atoms in total. The van der Waals surface area contributed by atoms with E-state index in [0.29, 0.717) is 5.56 Å². The number of rotatable bonds is 4. The third-order valence-corrected chi connectivity index (χ3v) is 4.32. The zero-order valence-corrected chi connectivity index (χ0v) is 13.4. The van der Waals surface area contributed by atoms with E-state index >= 15 is 0 Å². The summed E-state index contributed by atoms with van der Waals surface area (Å²) < 4.78 is 14.9. The summed E-state index contributed by atoms with van der Waals surface area (Å²) in [6.45, 7) is 1.88. The number of amides is 1. The van der Waals surface area contributed by atoms with Gasteiger partial charge in [-0.05, 0) is 50.5 Å². The van der Waals surface area contributed by atoms with Crippen LogP contribution in [0.4, 0.5) is 10.1 Å². The summed E-state index contributed by atoms with van der Waals surface area (Å²) in [5, 5.41) is 12.5. The van der Waals surface area contributed by atoms with E-state index in [1.165, 1.54) is 18.0 Å². The first-order chi connectivity index (χ1) is 10.4. The van der Waals surface area contributed by atoms with Gasteiger partial charge in [-0.15, -0.1) is 0 Å². The Morgan fingerprint density at radius 1 is 1.45 bits per heavy atom. The lowest BCUT2D eigenvalue weighted by Gasteiger charge is -2.30. The number of anilines is 1. The zero-order valence-electron chi connectivity index (χ0n) is 13.4. The van der Waals surface area contributed by atoms with Gasteiger partial charge in [0.1, 0.15) is 11.4 Å². The van der Waals surface area contributed by atoms with E-state index in [9.17, 15) is 14.3 Å². The molecule has 0 atom stereocenters. The van der Waals surface area contributed by atoms with Crippen molar-refractivity contribution in [1.29, 1.82) is 0 Å². The molecule has 0 bridgehead atoms. The monoisotopic (exact) mass is 309 g/mol. The number of nitrogens with one attached hydrogen (secondary N) is 1. The molecule has 0 radical (unpaired) electrons. The van der Waals surface area contributed by atoms with Crippen LogP contribution in [0.25, 0.3) is 0 Å². The molecule has 22 heavy (non-hydrogen) atoms. The average molecular weight is 309 g/mol. The van der Waals surface area contributed by atoms with Gasteiger partial charge in [-0.25, -0.2) is 4.39 Å². The van der Waals surface area contributed by atoms with Crippen molar-refractivity contribution in [3.63, 3.8) is 0 Å². The highest BCUT2D eigenvalue weighted by Gasteiger charge is 2.25. The largest absolute Gasteiger partial charge is 0.506 e. The maximum absolute atomic E-state index is 14.9. The van der Waals surface area contributed by atoms with Crippen LogP contribution in [-0.2, 0) is 4.79 Å². The predicted octanol–water partition coefficient (Wildman–Crippen LogP) is 1.52. The van der Waals surface area contributed by atoms with Crippen LogP contribution in [0.15, 0.2) is 12.1 Å². The Kier molecular flexibility index (Phi) is 5.24. The molecule has 0 aliphatic carbocycles. The van der Waals surface area contributed by atoms with Gasteiger partial charge in [-0.2, -0.15) is 0 Å². The molecule has 1 aromatic rings. The Balaban J connectivity index is 2.27. The highest BCUT2D eigenvalue weighted by molar-refractivity contribution is 5.81. The fraction of sp³-hybridized carbons (Fsp3) is 0.562. The van der Waals surface area contributed by atoms with Crippen LogP contribution in [-0.4, -0.2) is 56.7 Å². The molecular weight excluding hydrogens is 285 g/mol. The van der Waals surface area contributed by atoms with Gasteiger partial charge in [0.15, 0.2) is 5.82 Å². The lowest BCUT2D eigenvalue weighted by molar-refractivity contribution is -0.119. The van der Waals surface area contributed by atoms with Gasteiger partial charge in [0.2, 0.25) is 5.91 Å². The van der Waals surface area contributed by atoms with Gasteiger partial charge < -0.3 is 20.2 Å². The number of benzene rings is 1. The summed E-state index contributed by atoms with van der Waals surface area (Å²) in [5.74, 6) is -0.628. The summed E-state index contributed by atoms with van der Waals surface area (Å²) in [4.78, 5) is 15.2. The summed E-state index contributed by atoms with van der Waals surface area (Å²) in [6.07, 6.45) is 1.80. The number of hydrogen-bond donors (Lipinski definition) is 2. The van der Waals surface area contributed by atoms with Crippen molar-refractivity contribution in [3.05, 3.63) is 23.5 Å². The molecule has 0 unspecified atom stereocenters. The van der Waals surface area contributed by atoms with Crippen molar-refractivity contribution in [2.75, 3.05) is 45.7 Å². The molecule has 6 heteroatoms. The summed E-state index contributed by atoms with van der Waals surface area (Å²) in [6, 6.07) is 3.18. The van der Waals surface area contributed by atoms with Gasteiger partial charge >= 0.3 is 0 Å². The van der Waals surface area contributed by atoms with E-state index in [0.717, 1.165) is 25.9 Å². The average Bonchev–Trinajstić information content (AvgIpc) is 2.48. The molecule has 1 heterocycles. The number of carbonyl (C=O) groups is 1.